The van der Waals surface area contributed by atoms with Gasteiger partial charge in [0, 0.05) is 12.8 Å². The number of nitrogens with one attached hydrogen (secondary N) is 1. The number of allylic oxidation sites excluding steroid dienone is 11. The second kappa shape index (κ2) is 58.6. The maximum atomic E-state index is 13.5. The second-order valence-electron chi connectivity index (χ2n) is 23.6. The lowest BCUT2D eigenvalue weighted by molar-refractivity contribution is -0.870. The van der Waals surface area contributed by atoms with Crippen molar-refractivity contribution >= 4 is 19.7 Å². The third-order valence-corrected chi connectivity index (χ3v) is 15.6. The smallest absolute Gasteiger partial charge is 0.456 e. The fourth-order valence-corrected chi connectivity index (χ4v) is 10.2. The van der Waals surface area contributed by atoms with Crippen LogP contribution in [-0.2, 0) is 27.9 Å². The first-order chi connectivity index (χ1) is 38.4. The van der Waals surface area contributed by atoms with Crippen molar-refractivity contribution in [1.82, 2.24) is 5.32 Å². The molecule has 0 aromatic heterocycles. The lowest BCUT2D eigenvalue weighted by atomic mass is 10.0. The Labute approximate surface area is 489 Å². The predicted molar refractivity (Wildman–Crippen MR) is 341 cm³/mol. The van der Waals surface area contributed by atoms with Crippen LogP contribution in [0, 0.1) is 0 Å². The summed E-state index contributed by atoms with van der Waals surface area (Å²) in [6.07, 6.45) is 76.3. The average molecular weight is 1130 g/mol. The van der Waals surface area contributed by atoms with Crippen molar-refractivity contribution in [1.29, 1.82) is 0 Å². The summed E-state index contributed by atoms with van der Waals surface area (Å²) < 4.78 is 30.7. The lowest BCUT2D eigenvalue weighted by Crippen LogP contribution is -2.47. The molecule has 0 aliphatic carbocycles. The SMILES string of the molecule is CCCCC/C=C\C/C=C\C/C=C\C/C=C\CCCC(=O)NC(COP(=O)(O)OCC[N+](C)(C)C)C(/C=C\CCCCCCCCCCCCC)OC(=O)CCCCCCCCCCCCCCC/C=C/CCCCCCCC. The summed E-state index contributed by atoms with van der Waals surface area (Å²) in [6.45, 7) is 6.96. The highest BCUT2D eigenvalue weighted by Crippen LogP contribution is 2.43. The first-order valence-electron chi connectivity index (χ1n) is 33.3. The van der Waals surface area contributed by atoms with Crippen LogP contribution in [-0.4, -0.2) is 74.3 Å². The van der Waals surface area contributed by atoms with Gasteiger partial charge in [0.25, 0.3) is 0 Å². The van der Waals surface area contributed by atoms with E-state index in [1.54, 1.807) is 0 Å². The number of esters is 1. The fraction of sp³-hybridized carbons (Fsp3) is 0.797. The Hall–Kier alpha value is -2.55. The van der Waals surface area contributed by atoms with Crippen molar-refractivity contribution in [3.05, 3.63) is 72.9 Å². The number of hydrogen-bond donors (Lipinski definition) is 2. The number of carbonyl (C=O) groups is 2. The summed E-state index contributed by atoms with van der Waals surface area (Å²) in [5.41, 5.74) is 0. The van der Waals surface area contributed by atoms with Crippen molar-refractivity contribution in [2.45, 2.75) is 315 Å². The number of amides is 1. The number of quaternary nitrogens is 1. The zero-order chi connectivity index (χ0) is 57.9. The summed E-state index contributed by atoms with van der Waals surface area (Å²) >= 11 is 0. The summed E-state index contributed by atoms with van der Waals surface area (Å²) in [6, 6.07) is -0.879. The van der Waals surface area contributed by atoms with Crippen LogP contribution in [0.4, 0.5) is 0 Å². The van der Waals surface area contributed by atoms with Gasteiger partial charge in [-0.25, -0.2) is 4.57 Å². The maximum absolute atomic E-state index is 13.5. The van der Waals surface area contributed by atoms with Crippen molar-refractivity contribution < 1.29 is 37.3 Å². The molecule has 0 aliphatic heterocycles. The topological polar surface area (TPSA) is 111 Å². The van der Waals surface area contributed by atoms with Crippen molar-refractivity contribution in [3.63, 3.8) is 0 Å². The molecule has 3 unspecified atom stereocenters. The molecule has 2 N–H and O–H groups in total. The van der Waals surface area contributed by atoms with Crippen molar-refractivity contribution in [2.24, 2.45) is 0 Å². The number of rotatable bonds is 60. The molecule has 1 amide bonds. The number of phosphoric ester groups is 1. The van der Waals surface area contributed by atoms with Gasteiger partial charge < -0.3 is 19.4 Å². The third kappa shape index (κ3) is 59.9. The van der Waals surface area contributed by atoms with Gasteiger partial charge in [0.1, 0.15) is 19.3 Å². The second-order valence-corrected chi connectivity index (χ2v) is 25.1. The summed E-state index contributed by atoms with van der Waals surface area (Å²) in [5, 5.41) is 3.03. The van der Waals surface area contributed by atoms with Gasteiger partial charge in [-0.3, -0.25) is 18.6 Å². The van der Waals surface area contributed by atoms with E-state index in [-0.39, 0.29) is 37.9 Å². The Bertz CT molecular complexity index is 1580. The molecule has 0 fully saturated rings. The highest BCUT2D eigenvalue weighted by atomic mass is 31.2. The lowest BCUT2D eigenvalue weighted by Gasteiger charge is -2.27. The molecule has 0 heterocycles. The van der Waals surface area contributed by atoms with Crippen molar-refractivity contribution in [3.8, 4) is 0 Å². The molecule has 0 bridgehead atoms. The van der Waals surface area contributed by atoms with Gasteiger partial charge in [0.05, 0.1) is 33.8 Å². The van der Waals surface area contributed by atoms with E-state index in [0.29, 0.717) is 17.4 Å². The third-order valence-electron chi connectivity index (χ3n) is 14.6. The molecule has 0 aromatic rings. The number of carbonyl (C=O) groups excluding carboxylic acids is 2. The average Bonchev–Trinajstić information content (AvgIpc) is 3.41. The molecule has 3 atom stereocenters. The van der Waals surface area contributed by atoms with Gasteiger partial charge in [-0.2, -0.15) is 0 Å². The standard InChI is InChI=1S/C69H127N2O7P/c1-7-10-13-16-19-22-25-28-30-32-33-34-35-36-37-39-41-44-47-50-53-56-59-62-69(73)78-67(60-57-54-51-48-45-42-27-24-21-18-15-12-9-3)66(65-77-79(74,75)76-64-63-71(4,5)6)70-68(72)61-58-55-52-49-46-43-40-38-31-29-26-23-20-17-14-11-8-2/h20,23,28-31,40,43,49,52,57,60,66-67H,7-19,21-22,24-27,32-39,41-42,44-48,50-51,53-56,58-59,61-65H2,1-6H3,(H-,70,72,74,75)/p+1/b23-20-,30-28+,31-29-,43-40-,52-49-,60-57-. The molecule has 9 nitrogen and oxygen atoms in total. The maximum Gasteiger partial charge on any atom is 0.472 e. The Balaban J connectivity index is 5.24. The summed E-state index contributed by atoms with van der Waals surface area (Å²) in [7, 11) is 1.46. The van der Waals surface area contributed by atoms with Crippen molar-refractivity contribution in [2.75, 3.05) is 40.9 Å². The van der Waals surface area contributed by atoms with E-state index in [1.165, 1.54) is 199 Å². The fourth-order valence-electron chi connectivity index (χ4n) is 9.46. The molecule has 0 saturated carbocycles. The number of phosphoric acid groups is 1. The molecule has 0 saturated heterocycles. The molecule has 10 heteroatoms. The summed E-state index contributed by atoms with van der Waals surface area (Å²) in [4.78, 5) is 37.8. The molecule has 0 spiro atoms. The zero-order valence-corrected chi connectivity index (χ0v) is 53.5. The molecule has 460 valence electrons. The highest BCUT2D eigenvalue weighted by Gasteiger charge is 2.30. The van der Waals surface area contributed by atoms with Crippen LogP contribution < -0.4 is 5.32 Å². The van der Waals surface area contributed by atoms with Crippen LogP contribution in [0.5, 0.6) is 0 Å². The Kier molecular flexibility index (Phi) is 56.7. The molecule has 0 rings (SSSR count). The van der Waals surface area contributed by atoms with Crippen LogP contribution in [0.2, 0.25) is 0 Å². The van der Waals surface area contributed by atoms with Gasteiger partial charge in [-0.1, -0.05) is 267 Å². The minimum absolute atomic E-state index is 0.0288. The van der Waals surface area contributed by atoms with Crippen LogP contribution in [0.15, 0.2) is 72.9 Å². The summed E-state index contributed by atoms with van der Waals surface area (Å²) in [5.74, 6) is -0.564. The highest BCUT2D eigenvalue weighted by molar-refractivity contribution is 7.47. The van der Waals surface area contributed by atoms with Crippen LogP contribution in [0.1, 0.15) is 303 Å². The Morgan fingerprint density at radius 2 is 0.785 bits per heavy atom. The molecule has 0 radical (unpaired) electrons. The number of ether oxygens (including phenoxy) is 1. The zero-order valence-electron chi connectivity index (χ0n) is 52.6. The normalized spacial score (nSPS) is 14.1. The van der Waals surface area contributed by atoms with Gasteiger partial charge in [-0.15, -0.1) is 0 Å². The first-order valence-corrected chi connectivity index (χ1v) is 34.8. The number of hydrogen-bond acceptors (Lipinski definition) is 6. The molecule has 0 aliphatic rings. The Morgan fingerprint density at radius 3 is 1.22 bits per heavy atom. The molecular formula is C69H128N2O7P+. The van der Waals surface area contributed by atoms with E-state index in [2.05, 4.69) is 86.8 Å². The largest absolute Gasteiger partial charge is 0.472 e. The number of unbranched alkanes of at least 4 members (excludes halogenated alkanes) is 34. The van der Waals surface area contributed by atoms with Crippen LogP contribution in [0.3, 0.4) is 0 Å². The van der Waals surface area contributed by atoms with Gasteiger partial charge in [-0.05, 0) is 96.0 Å². The minimum Gasteiger partial charge on any atom is -0.456 e. The van der Waals surface area contributed by atoms with Gasteiger partial charge in [0.15, 0.2) is 0 Å². The quantitative estimate of drug-likeness (QED) is 0.0205. The van der Waals surface area contributed by atoms with E-state index in [9.17, 15) is 19.0 Å². The van der Waals surface area contributed by atoms with E-state index in [0.717, 1.165) is 64.2 Å². The first kappa shape index (κ1) is 76.5. The predicted octanol–water partition coefficient (Wildman–Crippen LogP) is 20.8. The van der Waals surface area contributed by atoms with E-state index >= 15 is 0 Å². The monoisotopic (exact) mass is 1130 g/mol. The van der Waals surface area contributed by atoms with Crippen LogP contribution in [0.25, 0.3) is 0 Å². The molecule has 0 aromatic carbocycles. The number of likely N-dealkylation sites (N-methyl/N-ethyl adjacent to an activating group) is 1. The van der Waals surface area contributed by atoms with E-state index in [4.69, 9.17) is 13.8 Å². The van der Waals surface area contributed by atoms with Gasteiger partial charge in [0.2, 0.25) is 5.91 Å². The van der Waals surface area contributed by atoms with E-state index < -0.39 is 20.0 Å². The van der Waals surface area contributed by atoms with Crippen LogP contribution >= 0.6 is 7.82 Å². The number of nitrogens with zero attached hydrogens (tertiary/aromatic N) is 1. The molecular weight excluding hydrogens is 1000 g/mol. The molecule has 79 heavy (non-hydrogen) atoms. The minimum atomic E-state index is -4.47. The Morgan fingerprint density at radius 1 is 0.443 bits per heavy atom. The van der Waals surface area contributed by atoms with Gasteiger partial charge >= 0.3 is 13.8 Å². The van der Waals surface area contributed by atoms with E-state index in [1.807, 2.05) is 33.3 Å².